The van der Waals surface area contributed by atoms with Crippen molar-refractivity contribution in [3.63, 3.8) is 0 Å². The molecule has 0 aromatic carbocycles. The molecule has 2 fully saturated rings. The lowest BCUT2D eigenvalue weighted by Gasteiger charge is -2.32. The van der Waals surface area contributed by atoms with Crippen LogP contribution in [0.5, 0.6) is 0 Å². The molecule has 0 aliphatic carbocycles. The Kier molecular flexibility index (Phi) is 3.72. The number of morpholine rings is 1. The van der Waals surface area contributed by atoms with E-state index < -0.39 is 7.12 Å². The van der Waals surface area contributed by atoms with Crippen LogP contribution in [0.15, 0.2) is 18.3 Å². The first-order chi connectivity index (χ1) is 9.91. The molecule has 0 spiro atoms. The molecule has 0 N–H and O–H groups in total. The van der Waals surface area contributed by atoms with Crippen LogP contribution < -0.4 is 10.5 Å². The molecule has 0 unspecified atom stereocenters. The van der Waals surface area contributed by atoms with E-state index in [4.69, 9.17) is 14.0 Å². The zero-order valence-corrected chi connectivity index (χ0v) is 13.3. The van der Waals surface area contributed by atoms with Crippen LogP contribution in [-0.2, 0) is 14.0 Å². The monoisotopic (exact) mass is 290 g/mol. The van der Waals surface area contributed by atoms with Gasteiger partial charge in [-0.05, 0) is 39.8 Å². The van der Waals surface area contributed by atoms with Gasteiger partial charge in [-0.15, -0.1) is 0 Å². The highest BCUT2D eigenvalue weighted by Crippen LogP contribution is 2.37. The van der Waals surface area contributed by atoms with Crippen LogP contribution >= 0.6 is 0 Å². The first kappa shape index (κ1) is 14.8. The van der Waals surface area contributed by atoms with E-state index in [-0.39, 0.29) is 11.2 Å². The summed E-state index contributed by atoms with van der Waals surface area (Å²) in [4.78, 5) is 6.82. The summed E-state index contributed by atoms with van der Waals surface area (Å²) in [6, 6.07) is 4.04. The maximum atomic E-state index is 6.14. The normalized spacial score (nSPS) is 24.4. The topological polar surface area (TPSA) is 43.8 Å². The first-order valence-electron chi connectivity index (χ1n) is 7.54. The van der Waals surface area contributed by atoms with Gasteiger partial charge in [-0.1, -0.05) is 0 Å². The third kappa shape index (κ3) is 2.68. The van der Waals surface area contributed by atoms with E-state index in [0.29, 0.717) is 0 Å². The van der Waals surface area contributed by atoms with Gasteiger partial charge in [0.25, 0.3) is 0 Å². The number of nitrogens with zero attached hydrogens (tertiary/aromatic N) is 2. The summed E-state index contributed by atoms with van der Waals surface area (Å²) in [6.45, 7) is 11.5. The molecule has 0 saturated carbocycles. The third-order valence-corrected chi connectivity index (χ3v) is 4.64. The summed E-state index contributed by atoms with van der Waals surface area (Å²) in [5, 5.41) is 0. The van der Waals surface area contributed by atoms with Crippen molar-refractivity contribution < 1.29 is 14.0 Å². The lowest BCUT2D eigenvalue weighted by molar-refractivity contribution is 0.00578. The van der Waals surface area contributed by atoms with Crippen molar-refractivity contribution >= 4 is 18.4 Å². The van der Waals surface area contributed by atoms with Gasteiger partial charge < -0.3 is 18.9 Å². The minimum Gasteiger partial charge on any atom is -0.398 e. The Hall–Kier alpha value is -1.11. The van der Waals surface area contributed by atoms with Gasteiger partial charge in [-0.3, -0.25) is 4.98 Å². The second kappa shape index (κ2) is 5.27. The predicted octanol–water partition coefficient (Wildman–Crippen LogP) is 1.22. The third-order valence-electron chi connectivity index (χ3n) is 4.64. The van der Waals surface area contributed by atoms with Gasteiger partial charge in [0.05, 0.1) is 35.7 Å². The summed E-state index contributed by atoms with van der Waals surface area (Å²) >= 11 is 0. The maximum Gasteiger partial charge on any atom is 0.516 e. The van der Waals surface area contributed by atoms with Crippen molar-refractivity contribution in [1.82, 2.24) is 4.98 Å². The number of ether oxygens (including phenoxy) is 1. The summed E-state index contributed by atoms with van der Waals surface area (Å²) in [6.07, 6.45) is 1.80. The lowest BCUT2D eigenvalue weighted by Crippen LogP contribution is -2.44. The van der Waals surface area contributed by atoms with Gasteiger partial charge in [0, 0.05) is 19.3 Å². The van der Waals surface area contributed by atoms with E-state index in [2.05, 4.69) is 43.6 Å². The molecular formula is C15H23BN2O3. The summed E-state index contributed by atoms with van der Waals surface area (Å²) in [7, 11) is -0.422. The van der Waals surface area contributed by atoms with E-state index in [1.165, 1.54) is 0 Å². The van der Waals surface area contributed by atoms with Gasteiger partial charge in [-0.2, -0.15) is 0 Å². The predicted molar refractivity (Wildman–Crippen MR) is 83.0 cm³/mol. The van der Waals surface area contributed by atoms with Crippen LogP contribution in [-0.4, -0.2) is 49.6 Å². The van der Waals surface area contributed by atoms with Crippen molar-refractivity contribution in [1.29, 1.82) is 0 Å². The van der Waals surface area contributed by atoms with Crippen LogP contribution in [0.1, 0.15) is 27.7 Å². The second-order valence-corrected chi connectivity index (χ2v) is 6.60. The molecule has 2 aliphatic rings. The van der Waals surface area contributed by atoms with Gasteiger partial charge >= 0.3 is 7.12 Å². The van der Waals surface area contributed by atoms with Crippen LogP contribution in [0.2, 0.25) is 0 Å². The van der Waals surface area contributed by atoms with Crippen LogP contribution in [0.4, 0.5) is 5.69 Å². The quantitative estimate of drug-likeness (QED) is 0.766. The second-order valence-electron chi connectivity index (χ2n) is 6.60. The fourth-order valence-corrected chi connectivity index (χ4v) is 2.62. The minimum absolute atomic E-state index is 0.350. The molecule has 0 radical (unpaired) electrons. The summed E-state index contributed by atoms with van der Waals surface area (Å²) < 4.78 is 17.7. The highest BCUT2D eigenvalue weighted by atomic mass is 16.7. The summed E-state index contributed by atoms with van der Waals surface area (Å²) in [5.74, 6) is 0. The van der Waals surface area contributed by atoms with Crippen molar-refractivity contribution in [2.45, 2.75) is 38.9 Å². The molecule has 0 amide bonds. The molecule has 0 bridgehead atoms. The SMILES string of the molecule is CC1(C)OB(c2ncccc2N2CCOCC2)OC1(C)C. The first-order valence-corrected chi connectivity index (χ1v) is 7.54. The Labute approximate surface area is 126 Å². The van der Waals surface area contributed by atoms with E-state index in [9.17, 15) is 0 Å². The molecule has 114 valence electrons. The molecule has 2 aliphatic heterocycles. The van der Waals surface area contributed by atoms with Crippen LogP contribution in [0, 0.1) is 0 Å². The standard InChI is InChI=1S/C15H23BN2O3/c1-14(2)15(3,4)21-16(20-14)13-12(6-5-7-17-13)18-8-10-19-11-9-18/h5-7H,8-11H2,1-4H3. The molecule has 1 aromatic rings. The van der Waals surface area contributed by atoms with E-state index in [1.807, 2.05) is 6.07 Å². The Morgan fingerprint density at radius 1 is 1.10 bits per heavy atom. The van der Waals surface area contributed by atoms with Gasteiger partial charge in [-0.25, -0.2) is 0 Å². The van der Waals surface area contributed by atoms with Crippen LogP contribution in [0.3, 0.4) is 0 Å². The number of anilines is 1. The molecule has 3 rings (SSSR count). The molecule has 6 heteroatoms. The van der Waals surface area contributed by atoms with Gasteiger partial charge in [0.15, 0.2) is 0 Å². The smallest absolute Gasteiger partial charge is 0.398 e. The van der Waals surface area contributed by atoms with E-state index in [1.54, 1.807) is 6.20 Å². The molecule has 2 saturated heterocycles. The largest absolute Gasteiger partial charge is 0.516 e. The van der Waals surface area contributed by atoms with Crippen molar-refractivity contribution in [3.8, 4) is 0 Å². The van der Waals surface area contributed by atoms with E-state index in [0.717, 1.165) is 37.6 Å². The Morgan fingerprint density at radius 2 is 1.71 bits per heavy atom. The highest BCUT2D eigenvalue weighted by molar-refractivity contribution is 6.62. The molecular weight excluding hydrogens is 267 g/mol. The van der Waals surface area contributed by atoms with Crippen molar-refractivity contribution in [3.05, 3.63) is 18.3 Å². The summed E-state index contributed by atoms with van der Waals surface area (Å²) in [5.41, 5.74) is 1.24. The highest BCUT2D eigenvalue weighted by Gasteiger charge is 2.53. The Morgan fingerprint density at radius 3 is 2.33 bits per heavy atom. The number of rotatable bonds is 2. The van der Waals surface area contributed by atoms with Gasteiger partial charge in [0.2, 0.25) is 0 Å². The molecule has 3 heterocycles. The van der Waals surface area contributed by atoms with Crippen LogP contribution in [0.25, 0.3) is 0 Å². The maximum absolute atomic E-state index is 6.14. The number of pyridine rings is 1. The molecule has 0 atom stereocenters. The molecule has 21 heavy (non-hydrogen) atoms. The number of hydrogen-bond donors (Lipinski definition) is 0. The zero-order chi connectivity index (χ0) is 15.1. The Balaban J connectivity index is 1.89. The molecule has 1 aromatic heterocycles. The average molecular weight is 290 g/mol. The fraction of sp³-hybridized carbons (Fsp3) is 0.667. The number of hydrogen-bond acceptors (Lipinski definition) is 5. The number of aromatic nitrogens is 1. The Bertz CT molecular complexity index is 499. The fourth-order valence-electron chi connectivity index (χ4n) is 2.62. The minimum atomic E-state index is -0.422. The van der Waals surface area contributed by atoms with Crippen molar-refractivity contribution in [2.24, 2.45) is 0 Å². The lowest BCUT2D eigenvalue weighted by atomic mass is 9.82. The molecule has 5 nitrogen and oxygen atoms in total. The zero-order valence-electron chi connectivity index (χ0n) is 13.3. The van der Waals surface area contributed by atoms with Gasteiger partial charge in [0.1, 0.15) is 0 Å². The van der Waals surface area contributed by atoms with Crippen molar-refractivity contribution in [2.75, 3.05) is 31.2 Å². The average Bonchev–Trinajstić information content (AvgIpc) is 2.68. The van der Waals surface area contributed by atoms with E-state index >= 15 is 0 Å².